The van der Waals surface area contributed by atoms with Crippen molar-refractivity contribution in [2.45, 2.75) is 19.4 Å². The van der Waals surface area contributed by atoms with Gasteiger partial charge in [0.1, 0.15) is 11.9 Å². The predicted molar refractivity (Wildman–Crippen MR) is 79.9 cm³/mol. The molecule has 2 rings (SSSR count). The van der Waals surface area contributed by atoms with E-state index in [9.17, 15) is 14.0 Å². The van der Waals surface area contributed by atoms with E-state index in [1.165, 1.54) is 13.0 Å². The first-order chi connectivity index (χ1) is 9.38. The highest BCUT2D eigenvalue weighted by Gasteiger charge is 2.20. The molecule has 106 valence electrons. The highest BCUT2D eigenvalue weighted by molar-refractivity contribution is 14.1. The molecule has 1 atom stereocenters. The van der Waals surface area contributed by atoms with E-state index in [0.29, 0.717) is 9.09 Å². The van der Waals surface area contributed by atoms with Crippen molar-refractivity contribution in [3.63, 3.8) is 0 Å². The number of aliphatic carboxylic acids is 1. The van der Waals surface area contributed by atoms with Crippen molar-refractivity contribution >= 4 is 45.4 Å². The van der Waals surface area contributed by atoms with E-state index >= 15 is 0 Å². The highest BCUT2D eigenvalue weighted by Crippen LogP contribution is 2.24. The second-order valence-electron chi connectivity index (χ2n) is 4.42. The fourth-order valence-corrected chi connectivity index (χ4v) is 2.48. The van der Waals surface area contributed by atoms with Crippen LogP contribution in [0.1, 0.15) is 12.5 Å². The summed E-state index contributed by atoms with van der Waals surface area (Å²) in [7, 11) is 0. The molecule has 1 aromatic heterocycles. The van der Waals surface area contributed by atoms with Gasteiger partial charge in [-0.25, -0.2) is 9.18 Å². The van der Waals surface area contributed by atoms with Gasteiger partial charge in [0.15, 0.2) is 0 Å². The molecule has 1 aromatic carbocycles. The lowest BCUT2D eigenvalue weighted by Crippen LogP contribution is -2.41. The number of halogens is 2. The largest absolute Gasteiger partial charge is 0.480 e. The van der Waals surface area contributed by atoms with Gasteiger partial charge in [-0.3, -0.25) is 4.79 Å². The molecular formula is C13H12FIN2O3. The fourth-order valence-electron chi connectivity index (χ4n) is 2.01. The topological polar surface area (TPSA) is 82.2 Å². The Hall–Kier alpha value is -1.64. The molecule has 0 spiro atoms. The van der Waals surface area contributed by atoms with Gasteiger partial charge < -0.3 is 15.4 Å². The summed E-state index contributed by atoms with van der Waals surface area (Å²) in [6.45, 7) is 1.27. The number of aromatic nitrogens is 1. The van der Waals surface area contributed by atoms with Crippen LogP contribution in [0, 0.1) is 9.39 Å². The summed E-state index contributed by atoms with van der Waals surface area (Å²) >= 11 is 1.88. The van der Waals surface area contributed by atoms with Crippen molar-refractivity contribution < 1.29 is 19.1 Å². The molecule has 0 bridgehead atoms. The van der Waals surface area contributed by atoms with Gasteiger partial charge in [-0.05, 0) is 40.3 Å². The number of hydrogen-bond donors (Lipinski definition) is 3. The zero-order valence-corrected chi connectivity index (χ0v) is 12.7. The maximum atomic E-state index is 13.4. The second kappa shape index (κ2) is 5.78. The van der Waals surface area contributed by atoms with E-state index in [4.69, 9.17) is 5.11 Å². The van der Waals surface area contributed by atoms with Crippen LogP contribution in [0.15, 0.2) is 18.3 Å². The number of carboxylic acid groups (broad SMARTS) is 1. The molecule has 1 amide bonds. The Kier molecular flexibility index (Phi) is 4.26. The van der Waals surface area contributed by atoms with Crippen molar-refractivity contribution in [2.24, 2.45) is 0 Å². The first-order valence-corrected chi connectivity index (χ1v) is 6.91. The van der Waals surface area contributed by atoms with Crippen LogP contribution in [0.3, 0.4) is 0 Å². The number of carbonyl (C=O) groups is 2. The van der Waals surface area contributed by atoms with Crippen molar-refractivity contribution in [2.75, 3.05) is 0 Å². The van der Waals surface area contributed by atoms with Crippen LogP contribution in [0.5, 0.6) is 0 Å². The molecule has 1 unspecified atom stereocenters. The number of amides is 1. The lowest BCUT2D eigenvalue weighted by molar-refractivity contribution is -0.141. The van der Waals surface area contributed by atoms with Crippen LogP contribution in [0.4, 0.5) is 4.39 Å². The first kappa shape index (κ1) is 14.8. The molecule has 0 fully saturated rings. The lowest BCUT2D eigenvalue weighted by atomic mass is 10.0. The van der Waals surface area contributed by atoms with Crippen LogP contribution in [-0.4, -0.2) is 28.0 Å². The number of fused-ring (bicyclic) bond motifs is 1. The summed E-state index contributed by atoms with van der Waals surface area (Å²) < 4.78 is 13.9. The molecule has 20 heavy (non-hydrogen) atoms. The molecule has 0 aliphatic carbocycles. The van der Waals surface area contributed by atoms with Crippen LogP contribution in [0.2, 0.25) is 0 Å². The Morgan fingerprint density at radius 1 is 1.50 bits per heavy atom. The Morgan fingerprint density at radius 2 is 2.20 bits per heavy atom. The number of hydrogen-bond acceptors (Lipinski definition) is 2. The van der Waals surface area contributed by atoms with Gasteiger partial charge in [0.2, 0.25) is 5.91 Å². The molecule has 0 radical (unpaired) electrons. The van der Waals surface area contributed by atoms with Crippen LogP contribution in [0.25, 0.3) is 10.9 Å². The maximum Gasteiger partial charge on any atom is 0.326 e. The van der Waals surface area contributed by atoms with Gasteiger partial charge in [-0.15, -0.1) is 0 Å². The molecule has 7 heteroatoms. The van der Waals surface area contributed by atoms with E-state index in [0.717, 1.165) is 10.9 Å². The maximum absolute atomic E-state index is 13.4. The van der Waals surface area contributed by atoms with Crippen LogP contribution >= 0.6 is 22.6 Å². The average molecular weight is 390 g/mol. The number of rotatable bonds is 4. The standard InChI is InChI=1S/C13H12FIN2O3/c1-6(18)17-12(13(19)20)2-7-5-16-11-4-9(14)10(15)3-8(7)11/h3-5,12,16H,2H2,1H3,(H,17,18)(H,19,20). The molecular weight excluding hydrogens is 378 g/mol. The fraction of sp³-hybridized carbons (Fsp3) is 0.231. The van der Waals surface area contributed by atoms with Gasteiger partial charge >= 0.3 is 5.97 Å². The van der Waals surface area contributed by atoms with Crippen molar-refractivity contribution in [1.29, 1.82) is 0 Å². The van der Waals surface area contributed by atoms with E-state index < -0.39 is 17.9 Å². The van der Waals surface area contributed by atoms with Gasteiger partial charge in [-0.1, -0.05) is 0 Å². The average Bonchev–Trinajstić information content (AvgIpc) is 2.71. The first-order valence-electron chi connectivity index (χ1n) is 5.83. The third-order valence-corrected chi connectivity index (χ3v) is 3.73. The SMILES string of the molecule is CC(=O)NC(Cc1c[nH]c2cc(F)c(I)cc12)C(=O)O. The minimum Gasteiger partial charge on any atom is -0.480 e. The van der Waals surface area contributed by atoms with Crippen molar-refractivity contribution in [3.8, 4) is 0 Å². The Morgan fingerprint density at radius 3 is 2.80 bits per heavy atom. The number of carbonyl (C=O) groups excluding carboxylic acids is 1. The van der Waals surface area contributed by atoms with Gasteiger partial charge in [0, 0.05) is 34.0 Å². The quantitative estimate of drug-likeness (QED) is 0.699. The van der Waals surface area contributed by atoms with Crippen LogP contribution in [-0.2, 0) is 16.0 Å². The number of aromatic amines is 1. The molecule has 3 N–H and O–H groups in total. The zero-order valence-electron chi connectivity index (χ0n) is 10.5. The summed E-state index contributed by atoms with van der Waals surface area (Å²) in [4.78, 5) is 25.1. The summed E-state index contributed by atoms with van der Waals surface area (Å²) in [6, 6.07) is 2.02. The second-order valence-corrected chi connectivity index (χ2v) is 5.58. The van der Waals surface area contributed by atoms with Crippen LogP contribution < -0.4 is 5.32 Å². The number of carboxylic acids is 1. The summed E-state index contributed by atoms with van der Waals surface area (Å²) in [5, 5.41) is 12.2. The summed E-state index contributed by atoms with van der Waals surface area (Å²) in [5.74, 6) is -1.84. The Bertz CT molecular complexity index is 684. The van der Waals surface area contributed by atoms with Crippen molar-refractivity contribution in [1.82, 2.24) is 10.3 Å². The minimum atomic E-state index is -1.11. The Balaban J connectivity index is 2.35. The number of H-pyrrole nitrogens is 1. The minimum absolute atomic E-state index is 0.136. The molecule has 0 saturated heterocycles. The summed E-state index contributed by atoms with van der Waals surface area (Å²) in [6.07, 6.45) is 1.77. The van der Waals surface area contributed by atoms with E-state index in [1.807, 2.05) is 22.6 Å². The monoisotopic (exact) mass is 390 g/mol. The van der Waals surface area contributed by atoms with E-state index in [1.54, 1.807) is 12.3 Å². The number of benzene rings is 1. The third-order valence-electron chi connectivity index (χ3n) is 2.91. The van der Waals surface area contributed by atoms with Gasteiger partial charge in [0.25, 0.3) is 0 Å². The molecule has 5 nitrogen and oxygen atoms in total. The predicted octanol–water partition coefficient (Wildman–Crippen LogP) is 2.04. The molecule has 1 heterocycles. The molecule has 0 aliphatic rings. The van der Waals surface area contributed by atoms with E-state index in [-0.39, 0.29) is 12.2 Å². The van der Waals surface area contributed by atoms with E-state index in [2.05, 4.69) is 10.3 Å². The van der Waals surface area contributed by atoms with Gasteiger partial charge in [-0.2, -0.15) is 0 Å². The third kappa shape index (κ3) is 3.09. The summed E-state index contributed by atoms with van der Waals surface area (Å²) in [5.41, 5.74) is 1.32. The lowest BCUT2D eigenvalue weighted by Gasteiger charge is -2.12. The molecule has 0 saturated carbocycles. The molecule has 2 aromatic rings. The Labute approximate surface area is 127 Å². The highest BCUT2D eigenvalue weighted by atomic mass is 127. The number of nitrogens with one attached hydrogen (secondary N) is 2. The van der Waals surface area contributed by atoms with Crippen molar-refractivity contribution in [3.05, 3.63) is 33.3 Å². The van der Waals surface area contributed by atoms with Gasteiger partial charge in [0.05, 0.1) is 0 Å². The smallest absolute Gasteiger partial charge is 0.326 e. The zero-order chi connectivity index (χ0) is 14.9. The normalized spacial score (nSPS) is 12.3. The molecule has 0 aliphatic heterocycles.